The number of hydrogen-bond donors (Lipinski definition) is 2. The summed E-state index contributed by atoms with van der Waals surface area (Å²) in [7, 11) is 0. The van der Waals surface area contributed by atoms with Crippen molar-refractivity contribution in [3.63, 3.8) is 0 Å². The molecule has 0 radical (unpaired) electrons. The van der Waals surface area contributed by atoms with E-state index in [1.807, 2.05) is 54.8 Å². The molecular weight excluding hydrogens is 430 g/mol. The zero-order chi connectivity index (χ0) is 20.5. The molecule has 0 saturated heterocycles. The maximum atomic E-state index is 9.58. The number of rotatable bonds is 4. The molecule has 8 heteroatoms. The summed E-state index contributed by atoms with van der Waals surface area (Å²) in [6.07, 6.45) is 5.21. The van der Waals surface area contributed by atoms with E-state index in [0.29, 0.717) is 22.9 Å². The quantitative estimate of drug-likeness (QED) is 0.446. The van der Waals surface area contributed by atoms with Gasteiger partial charge >= 0.3 is 0 Å². The number of anilines is 2. The lowest BCUT2D eigenvalue weighted by atomic mass is 10.1. The van der Waals surface area contributed by atoms with Crippen LogP contribution in [-0.4, -0.2) is 19.4 Å². The molecule has 1 atom stereocenters. The average Bonchev–Trinajstić information content (AvgIpc) is 3.12. The Morgan fingerprint density at radius 2 is 2.07 bits per heavy atom. The van der Waals surface area contributed by atoms with E-state index in [9.17, 15) is 5.26 Å². The number of aryl methyl sites for hydroxylation is 1. The van der Waals surface area contributed by atoms with Crippen LogP contribution in [0.3, 0.4) is 0 Å². The number of hydrogen-bond acceptors (Lipinski definition) is 6. The van der Waals surface area contributed by atoms with E-state index >= 15 is 0 Å². The molecule has 0 aliphatic rings. The van der Waals surface area contributed by atoms with Crippen LogP contribution in [-0.2, 0) is 0 Å². The van der Waals surface area contributed by atoms with Crippen LogP contribution in [0, 0.1) is 18.3 Å². The second-order valence-electron chi connectivity index (χ2n) is 6.81. The molecule has 0 unspecified atom stereocenters. The Morgan fingerprint density at radius 3 is 2.83 bits per heavy atom. The Balaban J connectivity index is 1.76. The maximum absolute atomic E-state index is 9.58. The lowest BCUT2D eigenvalue weighted by molar-refractivity contribution is 0.860. The third-order valence-electron chi connectivity index (χ3n) is 4.61. The van der Waals surface area contributed by atoms with E-state index in [4.69, 9.17) is 5.73 Å². The molecule has 144 valence electrons. The van der Waals surface area contributed by atoms with Crippen LogP contribution in [0.5, 0.6) is 0 Å². The van der Waals surface area contributed by atoms with Crippen LogP contribution < -0.4 is 11.1 Å². The van der Waals surface area contributed by atoms with Crippen LogP contribution in [0.1, 0.15) is 29.7 Å². The summed E-state index contributed by atoms with van der Waals surface area (Å²) in [5.74, 6) is 0.426. The third kappa shape index (κ3) is 3.65. The highest BCUT2D eigenvalue weighted by Crippen LogP contribution is 2.28. The van der Waals surface area contributed by atoms with Crippen molar-refractivity contribution in [3.05, 3.63) is 70.1 Å². The zero-order valence-corrected chi connectivity index (χ0v) is 17.5. The fourth-order valence-electron chi connectivity index (χ4n) is 3.18. The number of nitrogens with zero attached hydrogens (tertiary/aromatic N) is 5. The number of aromatic nitrogens is 4. The Bertz CT molecular complexity index is 1260. The summed E-state index contributed by atoms with van der Waals surface area (Å²) in [6, 6.07) is 11.8. The zero-order valence-electron chi connectivity index (χ0n) is 15.9. The molecule has 7 nitrogen and oxygen atoms in total. The highest BCUT2D eigenvalue weighted by Gasteiger charge is 2.17. The predicted molar refractivity (Wildman–Crippen MR) is 116 cm³/mol. The minimum atomic E-state index is -0.0575. The van der Waals surface area contributed by atoms with Gasteiger partial charge in [-0.3, -0.25) is 4.40 Å². The van der Waals surface area contributed by atoms with Gasteiger partial charge in [-0.25, -0.2) is 15.0 Å². The predicted octanol–water partition coefficient (Wildman–Crippen LogP) is 4.49. The Hall–Kier alpha value is -3.44. The number of fused-ring (bicyclic) bond motifs is 1. The third-order valence-corrected chi connectivity index (χ3v) is 5.19. The van der Waals surface area contributed by atoms with Gasteiger partial charge in [0.2, 0.25) is 5.95 Å². The van der Waals surface area contributed by atoms with E-state index in [1.165, 1.54) is 6.20 Å². The monoisotopic (exact) mass is 447 g/mol. The number of imidazole rings is 1. The molecule has 4 aromatic rings. The first-order chi connectivity index (χ1) is 14.0. The first-order valence-corrected chi connectivity index (χ1v) is 9.78. The number of nitrogens with two attached hydrogens (primary N) is 1. The van der Waals surface area contributed by atoms with Crippen LogP contribution >= 0.6 is 15.9 Å². The van der Waals surface area contributed by atoms with Crippen LogP contribution in [0.2, 0.25) is 0 Å². The molecule has 3 aromatic heterocycles. The Morgan fingerprint density at radius 1 is 1.24 bits per heavy atom. The van der Waals surface area contributed by atoms with Gasteiger partial charge in [0.05, 0.1) is 34.2 Å². The molecule has 0 amide bonds. The maximum Gasteiger partial charge on any atom is 0.223 e. The van der Waals surface area contributed by atoms with E-state index < -0.39 is 0 Å². The fraction of sp³-hybridized carbons (Fsp3) is 0.143. The molecule has 0 spiro atoms. The number of nitrogen functional groups attached to an aromatic ring is 1. The van der Waals surface area contributed by atoms with Gasteiger partial charge in [0.15, 0.2) is 5.65 Å². The van der Waals surface area contributed by atoms with Gasteiger partial charge in [-0.05, 0) is 59.1 Å². The summed E-state index contributed by atoms with van der Waals surface area (Å²) in [6.45, 7) is 4.00. The highest BCUT2D eigenvalue weighted by molar-refractivity contribution is 9.10. The van der Waals surface area contributed by atoms with Crippen molar-refractivity contribution in [1.29, 1.82) is 5.26 Å². The number of benzene rings is 1. The van der Waals surface area contributed by atoms with Gasteiger partial charge in [-0.2, -0.15) is 5.26 Å². The van der Waals surface area contributed by atoms with Gasteiger partial charge < -0.3 is 11.1 Å². The van der Waals surface area contributed by atoms with Gasteiger partial charge in [0.1, 0.15) is 11.8 Å². The average molecular weight is 448 g/mol. The Kier molecular flexibility index (Phi) is 4.91. The van der Waals surface area contributed by atoms with Gasteiger partial charge in [0.25, 0.3) is 0 Å². The molecule has 4 rings (SSSR count). The normalized spacial score (nSPS) is 11.9. The highest BCUT2D eigenvalue weighted by atomic mass is 79.9. The number of halogens is 1. The summed E-state index contributed by atoms with van der Waals surface area (Å²) in [5, 5.41) is 12.9. The van der Waals surface area contributed by atoms with Crippen LogP contribution in [0.15, 0.2) is 53.4 Å². The van der Waals surface area contributed by atoms with Crippen molar-refractivity contribution in [2.45, 2.75) is 19.9 Å². The largest absolute Gasteiger partial charge is 0.399 e. The van der Waals surface area contributed by atoms with Crippen molar-refractivity contribution in [2.75, 3.05) is 11.1 Å². The van der Waals surface area contributed by atoms with Crippen molar-refractivity contribution in [2.24, 2.45) is 0 Å². The standard InChI is InChI=1S/C21H18BrN7/c1-12-6-17(22)20-25-10-18(29(20)11-12)19-15(8-23)9-26-21(28-19)27-13(2)14-4-3-5-16(24)7-14/h3-7,9-11,13H,24H2,1-2H3,(H,26,27,28)/t13-/m0/s1. The van der Waals surface area contributed by atoms with Crippen LogP contribution in [0.25, 0.3) is 17.0 Å². The Labute approximate surface area is 176 Å². The smallest absolute Gasteiger partial charge is 0.223 e. The number of nitriles is 1. The van der Waals surface area contributed by atoms with E-state index in [0.717, 1.165) is 26.9 Å². The molecule has 0 saturated carbocycles. The van der Waals surface area contributed by atoms with Crippen molar-refractivity contribution >= 4 is 33.2 Å². The van der Waals surface area contributed by atoms with Crippen molar-refractivity contribution in [3.8, 4) is 17.5 Å². The lowest BCUT2D eigenvalue weighted by Gasteiger charge is -2.15. The molecule has 0 bridgehead atoms. The first kappa shape index (κ1) is 18.9. The van der Waals surface area contributed by atoms with Gasteiger partial charge in [0, 0.05) is 11.9 Å². The topological polar surface area (TPSA) is 105 Å². The summed E-state index contributed by atoms with van der Waals surface area (Å²) < 4.78 is 2.80. The first-order valence-electron chi connectivity index (χ1n) is 8.99. The van der Waals surface area contributed by atoms with Crippen molar-refractivity contribution < 1.29 is 0 Å². The van der Waals surface area contributed by atoms with Gasteiger partial charge in [-0.15, -0.1) is 0 Å². The molecular formula is C21H18BrN7. The molecule has 0 aliphatic carbocycles. The van der Waals surface area contributed by atoms with E-state index in [1.54, 1.807) is 6.20 Å². The molecule has 3 heterocycles. The molecule has 1 aromatic carbocycles. The molecule has 0 fully saturated rings. The fourth-order valence-corrected chi connectivity index (χ4v) is 3.84. The van der Waals surface area contributed by atoms with Crippen LogP contribution in [0.4, 0.5) is 11.6 Å². The molecule has 3 N–H and O–H groups in total. The minimum absolute atomic E-state index is 0.0575. The second-order valence-corrected chi connectivity index (χ2v) is 7.66. The van der Waals surface area contributed by atoms with Gasteiger partial charge in [-0.1, -0.05) is 12.1 Å². The SMILES string of the molecule is Cc1cc(Br)c2ncc(-c3nc(N[C@@H](C)c4cccc(N)c4)ncc3C#N)n2c1. The number of nitrogens with one attached hydrogen (secondary N) is 1. The lowest BCUT2D eigenvalue weighted by Crippen LogP contribution is -2.11. The second kappa shape index (κ2) is 7.53. The summed E-state index contributed by atoms with van der Waals surface area (Å²) >= 11 is 3.54. The minimum Gasteiger partial charge on any atom is -0.399 e. The number of pyridine rings is 1. The molecule has 29 heavy (non-hydrogen) atoms. The summed E-state index contributed by atoms with van der Waals surface area (Å²) in [5.41, 5.74) is 11.1. The van der Waals surface area contributed by atoms with E-state index in [2.05, 4.69) is 42.3 Å². The van der Waals surface area contributed by atoms with E-state index in [-0.39, 0.29) is 6.04 Å². The van der Waals surface area contributed by atoms with Crippen molar-refractivity contribution in [1.82, 2.24) is 19.4 Å². The summed E-state index contributed by atoms with van der Waals surface area (Å²) in [4.78, 5) is 13.4. The molecule has 0 aliphatic heterocycles.